The van der Waals surface area contributed by atoms with Crippen LogP contribution in [0, 0.1) is 6.92 Å². The van der Waals surface area contributed by atoms with Gasteiger partial charge in [-0.1, -0.05) is 25.7 Å². The van der Waals surface area contributed by atoms with Crippen molar-refractivity contribution in [2.75, 3.05) is 5.32 Å². The summed E-state index contributed by atoms with van der Waals surface area (Å²) < 4.78 is 0. The summed E-state index contributed by atoms with van der Waals surface area (Å²) in [7, 11) is 0. The Hall–Kier alpha value is -1.05. The minimum Gasteiger partial charge on any atom is -0.381 e. The first-order valence-corrected chi connectivity index (χ1v) is 6.03. The highest BCUT2D eigenvalue weighted by molar-refractivity contribution is 5.43. The standard InChI is InChI=1S/C13H20N2/c1-11-8-13(10-14-9-11)15-12-6-4-2-3-5-7-12/h8-10,12,15H,2-7H2,1H3. The van der Waals surface area contributed by atoms with Crippen LogP contribution in [0.4, 0.5) is 5.69 Å². The number of aromatic nitrogens is 1. The molecular formula is C13H20N2. The molecule has 0 saturated heterocycles. The van der Waals surface area contributed by atoms with Crippen molar-refractivity contribution in [3.63, 3.8) is 0 Å². The van der Waals surface area contributed by atoms with E-state index in [4.69, 9.17) is 0 Å². The number of rotatable bonds is 2. The Morgan fingerprint density at radius 3 is 2.53 bits per heavy atom. The largest absolute Gasteiger partial charge is 0.381 e. The van der Waals surface area contributed by atoms with Gasteiger partial charge in [0.25, 0.3) is 0 Å². The molecule has 1 heterocycles. The van der Waals surface area contributed by atoms with Crippen molar-refractivity contribution in [1.82, 2.24) is 4.98 Å². The van der Waals surface area contributed by atoms with Gasteiger partial charge in [0.1, 0.15) is 0 Å². The van der Waals surface area contributed by atoms with Crippen molar-refractivity contribution in [2.45, 2.75) is 51.5 Å². The molecule has 1 saturated carbocycles. The lowest BCUT2D eigenvalue weighted by molar-refractivity contribution is 0.619. The Morgan fingerprint density at radius 2 is 1.87 bits per heavy atom. The fourth-order valence-corrected chi connectivity index (χ4v) is 2.29. The Kier molecular flexibility index (Phi) is 3.59. The number of anilines is 1. The second-order valence-electron chi connectivity index (χ2n) is 4.58. The molecule has 1 aromatic rings. The molecule has 1 aromatic heterocycles. The quantitative estimate of drug-likeness (QED) is 0.745. The van der Waals surface area contributed by atoms with Crippen LogP contribution < -0.4 is 5.32 Å². The first kappa shape index (κ1) is 10.5. The zero-order valence-electron chi connectivity index (χ0n) is 9.50. The van der Waals surface area contributed by atoms with Crippen molar-refractivity contribution in [1.29, 1.82) is 0 Å². The second kappa shape index (κ2) is 5.15. The van der Waals surface area contributed by atoms with Crippen LogP contribution in [0.2, 0.25) is 0 Å². The van der Waals surface area contributed by atoms with Gasteiger partial charge in [-0.3, -0.25) is 4.98 Å². The molecule has 1 N–H and O–H groups in total. The number of hydrogen-bond acceptors (Lipinski definition) is 2. The molecule has 15 heavy (non-hydrogen) atoms. The van der Waals surface area contributed by atoms with E-state index in [1.807, 2.05) is 12.4 Å². The summed E-state index contributed by atoms with van der Waals surface area (Å²) in [4.78, 5) is 4.21. The average Bonchev–Trinajstić information content (AvgIpc) is 2.46. The first-order chi connectivity index (χ1) is 7.34. The number of pyridine rings is 1. The monoisotopic (exact) mass is 204 g/mol. The van der Waals surface area contributed by atoms with Crippen molar-refractivity contribution < 1.29 is 0 Å². The highest BCUT2D eigenvalue weighted by atomic mass is 14.9. The summed E-state index contributed by atoms with van der Waals surface area (Å²) in [6, 6.07) is 2.84. The number of nitrogens with zero attached hydrogens (tertiary/aromatic N) is 1. The molecule has 0 atom stereocenters. The van der Waals surface area contributed by atoms with Crippen LogP contribution in [0.15, 0.2) is 18.5 Å². The maximum absolute atomic E-state index is 4.21. The van der Waals surface area contributed by atoms with Crippen molar-refractivity contribution in [2.24, 2.45) is 0 Å². The molecule has 0 aliphatic heterocycles. The van der Waals surface area contributed by atoms with Gasteiger partial charge in [0, 0.05) is 18.4 Å². The molecule has 0 bridgehead atoms. The summed E-state index contributed by atoms with van der Waals surface area (Å²) in [5, 5.41) is 3.60. The van der Waals surface area contributed by atoms with Crippen LogP contribution >= 0.6 is 0 Å². The van der Waals surface area contributed by atoms with E-state index < -0.39 is 0 Å². The number of nitrogens with one attached hydrogen (secondary N) is 1. The molecule has 0 radical (unpaired) electrons. The Morgan fingerprint density at radius 1 is 1.13 bits per heavy atom. The van der Waals surface area contributed by atoms with Gasteiger partial charge < -0.3 is 5.32 Å². The van der Waals surface area contributed by atoms with E-state index in [1.54, 1.807) is 0 Å². The molecule has 0 aromatic carbocycles. The highest BCUT2D eigenvalue weighted by Gasteiger charge is 2.11. The van der Waals surface area contributed by atoms with E-state index in [2.05, 4.69) is 23.3 Å². The maximum atomic E-state index is 4.21. The van der Waals surface area contributed by atoms with Crippen molar-refractivity contribution in [3.8, 4) is 0 Å². The molecule has 2 rings (SSSR count). The summed E-state index contributed by atoms with van der Waals surface area (Å²) in [6.45, 7) is 2.09. The number of hydrogen-bond donors (Lipinski definition) is 1. The second-order valence-corrected chi connectivity index (χ2v) is 4.58. The van der Waals surface area contributed by atoms with Gasteiger partial charge >= 0.3 is 0 Å². The fraction of sp³-hybridized carbons (Fsp3) is 0.615. The van der Waals surface area contributed by atoms with Gasteiger partial charge in [0.2, 0.25) is 0 Å². The molecule has 2 heteroatoms. The minimum absolute atomic E-state index is 0.663. The van der Waals surface area contributed by atoms with Crippen molar-refractivity contribution >= 4 is 5.69 Å². The molecular weight excluding hydrogens is 184 g/mol. The molecule has 2 nitrogen and oxygen atoms in total. The first-order valence-electron chi connectivity index (χ1n) is 6.03. The van der Waals surface area contributed by atoms with Gasteiger partial charge in [0.05, 0.1) is 5.69 Å². The lowest BCUT2D eigenvalue weighted by Crippen LogP contribution is -2.18. The molecule has 82 valence electrons. The van der Waals surface area contributed by atoms with Gasteiger partial charge in [-0.15, -0.1) is 0 Å². The predicted octanol–water partition coefficient (Wildman–Crippen LogP) is 3.52. The van der Waals surface area contributed by atoms with E-state index >= 15 is 0 Å². The molecule has 1 aliphatic carbocycles. The van der Waals surface area contributed by atoms with Crippen LogP contribution in [0.5, 0.6) is 0 Å². The lowest BCUT2D eigenvalue weighted by Gasteiger charge is -2.17. The third-order valence-electron chi connectivity index (χ3n) is 3.10. The maximum Gasteiger partial charge on any atom is 0.0531 e. The topological polar surface area (TPSA) is 24.9 Å². The van der Waals surface area contributed by atoms with Gasteiger partial charge in [-0.2, -0.15) is 0 Å². The fourth-order valence-electron chi connectivity index (χ4n) is 2.29. The molecule has 1 fully saturated rings. The van der Waals surface area contributed by atoms with Crippen LogP contribution in [0.25, 0.3) is 0 Å². The van der Waals surface area contributed by atoms with E-state index in [0.29, 0.717) is 6.04 Å². The van der Waals surface area contributed by atoms with Gasteiger partial charge in [-0.05, 0) is 31.4 Å². The van der Waals surface area contributed by atoms with E-state index in [1.165, 1.54) is 49.8 Å². The van der Waals surface area contributed by atoms with Crippen molar-refractivity contribution in [3.05, 3.63) is 24.0 Å². The van der Waals surface area contributed by atoms with Crippen LogP contribution in [-0.2, 0) is 0 Å². The summed E-state index contributed by atoms with van der Waals surface area (Å²) in [5.74, 6) is 0. The summed E-state index contributed by atoms with van der Waals surface area (Å²) in [6.07, 6.45) is 12.0. The zero-order valence-corrected chi connectivity index (χ0v) is 9.50. The van der Waals surface area contributed by atoms with Gasteiger partial charge in [-0.25, -0.2) is 0 Å². The van der Waals surface area contributed by atoms with Crippen LogP contribution in [0.1, 0.15) is 44.1 Å². The highest BCUT2D eigenvalue weighted by Crippen LogP contribution is 2.20. The summed E-state index contributed by atoms with van der Waals surface area (Å²) in [5.41, 5.74) is 2.41. The number of aryl methyl sites for hydroxylation is 1. The van der Waals surface area contributed by atoms with E-state index in [0.717, 1.165) is 0 Å². The SMILES string of the molecule is Cc1cncc(NC2CCCCCC2)c1. The third-order valence-corrected chi connectivity index (χ3v) is 3.10. The normalized spacial score (nSPS) is 18.5. The van der Waals surface area contributed by atoms with E-state index in [9.17, 15) is 0 Å². The predicted molar refractivity (Wildman–Crippen MR) is 64.1 cm³/mol. The molecule has 0 unspecified atom stereocenters. The Balaban J connectivity index is 1.95. The lowest BCUT2D eigenvalue weighted by atomic mass is 10.1. The Labute approximate surface area is 92.1 Å². The Bertz CT molecular complexity index is 301. The van der Waals surface area contributed by atoms with E-state index in [-0.39, 0.29) is 0 Å². The summed E-state index contributed by atoms with van der Waals surface area (Å²) >= 11 is 0. The smallest absolute Gasteiger partial charge is 0.0531 e. The zero-order chi connectivity index (χ0) is 10.5. The van der Waals surface area contributed by atoms with Gasteiger partial charge in [0.15, 0.2) is 0 Å². The molecule has 1 aliphatic rings. The molecule has 0 amide bonds. The minimum atomic E-state index is 0.663. The molecule has 0 spiro atoms. The van der Waals surface area contributed by atoms with Crippen LogP contribution in [-0.4, -0.2) is 11.0 Å². The third kappa shape index (κ3) is 3.22. The van der Waals surface area contributed by atoms with Crippen LogP contribution in [0.3, 0.4) is 0 Å². The average molecular weight is 204 g/mol.